The Kier molecular flexibility index (Phi) is 10.5. The molecule has 1 nitrogen and oxygen atoms in total. The third-order valence-corrected chi connectivity index (χ3v) is 2.63. The van der Waals surface area contributed by atoms with Crippen molar-refractivity contribution in [1.29, 1.82) is 0 Å². The van der Waals surface area contributed by atoms with Gasteiger partial charge in [0, 0.05) is 11.9 Å². The number of rotatable bonds is 9. The van der Waals surface area contributed by atoms with Crippen LogP contribution >= 0.6 is 11.6 Å². The van der Waals surface area contributed by atoms with Crippen LogP contribution < -0.4 is 5.32 Å². The molecule has 0 rings (SSSR count). The van der Waals surface area contributed by atoms with Crippen LogP contribution in [0.15, 0.2) is 0 Å². The van der Waals surface area contributed by atoms with E-state index in [0.29, 0.717) is 6.04 Å². The Bertz CT molecular complexity index is 96.1. The molecule has 1 unspecified atom stereocenters. The lowest BCUT2D eigenvalue weighted by atomic mass is 10.1. The van der Waals surface area contributed by atoms with Crippen LogP contribution in [0.2, 0.25) is 0 Å². The fourth-order valence-electron chi connectivity index (χ4n) is 1.44. The summed E-state index contributed by atoms with van der Waals surface area (Å²) in [4.78, 5) is 0. The Morgan fingerprint density at radius 1 is 1.15 bits per heavy atom. The van der Waals surface area contributed by atoms with E-state index in [1.165, 1.54) is 32.1 Å². The molecule has 0 aliphatic carbocycles. The maximum atomic E-state index is 5.70. The molecule has 2 heteroatoms. The average molecular weight is 206 g/mol. The van der Waals surface area contributed by atoms with Crippen molar-refractivity contribution < 1.29 is 0 Å². The summed E-state index contributed by atoms with van der Waals surface area (Å²) in [5, 5.41) is 3.54. The van der Waals surface area contributed by atoms with Gasteiger partial charge in [0.25, 0.3) is 0 Å². The van der Waals surface area contributed by atoms with Crippen LogP contribution in [0.25, 0.3) is 0 Å². The van der Waals surface area contributed by atoms with E-state index in [9.17, 15) is 0 Å². The molecule has 0 spiro atoms. The summed E-state index contributed by atoms with van der Waals surface area (Å²) in [7, 11) is 0. The Labute approximate surface area is 88.2 Å². The molecule has 13 heavy (non-hydrogen) atoms. The quantitative estimate of drug-likeness (QED) is 0.449. The number of hydrogen-bond acceptors (Lipinski definition) is 1. The van der Waals surface area contributed by atoms with Crippen LogP contribution in [0.1, 0.15) is 52.4 Å². The number of nitrogens with one attached hydrogen (secondary N) is 1. The van der Waals surface area contributed by atoms with E-state index in [1.807, 2.05) is 0 Å². The smallest absolute Gasteiger partial charge is 0.0238 e. The maximum absolute atomic E-state index is 5.70. The van der Waals surface area contributed by atoms with Gasteiger partial charge in [-0.1, -0.05) is 33.1 Å². The monoisotopic (exact) mass is 205 g/mol. The molecule has 0 aliphatic rings. The lowest BCUT2D eigenvalue weighted by Crippen LogP contribution is -2.29. The highest BCUT2D eigenvalue weighted by atomic mass is 35.5. The van der Waals surface area contributed by atoms with Crippen molar-refractivity contribution in [3.05, 3.63) is 0 Å². The molecule has 1 N–H and O–H groups in total. The molecule has 0 saturated heterocycles. The van der Waals surface area contributed by atoms with E-state index >= 15 is 0 Å². The maximum Gasteiger partial charge on any atom is 0.0238 e. The van der Waals surface area contributed by atoms with Crippen LogP contribution in [0.4, 0.5) is 0 Å². The summed E-state index contributed by atoms with van der Waals surface area (Å²) >= 11 is 5.70. The first-order chi connectivity index (χ1) is 6.35. The molecule has 0 aromatic heterocycles. The zero-order valence-electron chi connectivity index (χ0n) is 9.11. The van der Waals surface area contributed by atoms with Gasteiger partial charge in [0.2, 0.25) is 0 Å². The summed E-state index contributed by atoms with van der Waals surface area (Å²) in [5.74, 6) is 0.778. The van der Waals surface area contributed by atoms with Crippen molar-refractivity contribution in [2.45, 2.75) is 58.4 Å². The highest BCUT2D eigenvalue weighted by Crippen LogP contribution is 2.01. The van der Waals surface area contributed by atoms with Crippen LogP contribution in [0.3, 0.4) is 0 Å². The van der Waals surface area contributed by atoms with Crippen molar-refractivity contribution in [1.82, 2.24) is 5.32 Å². The number of alkyl halides is 1. The van der Waals surface area contributed by atoms with Gasteiger partial charge in [0.1, 0.15) is 0 Å². The highest BCUT2D eigenvalue weighted by molar-refractivity contribution is 6.17. The number of unbranched alkanes of at least 4 members (excludes halogenated alkanes) is 3. The third kappa shape index (κ3) is 8.58. The van der Waals surface area contributed by atoms with Gasteiger partial charge in [-0.05, 0) is 25.8 Å². The van der Waals surface area contributed by atoms with Gasteiger partial charge >= 0.3 is 0 Å². The third-order valence-electron chi connectivity index (χ3n) is 2.41. The lowest BCUT2D eigenvalue weighted by molar-refractivity contribution is 0.472. The normalized spacial score (nSPS) is 13.2. The standard InChI is InChI=1S/C11H24ClN/c1-3-5-6-7-10-13-11(4-2)8-9-12/h11,13H,3-10H2,1-2H3. The fraction of sp³-hybridized carbons (Fsp3) is 1.00. The molecule has 0 amide bonds. The first-order valence-electron chi connectivity index (χ1n) is 5.64. The van der Waals surface area contributed by atoms with Gasteiger partial charge in [-0.3, -0.25) is 0 Å². The van der Waals surface area contributed by atoms with E-state index in [0.717, 1.165) is 18.8 Å². The summed E-state index contributed by atoms with van der Waals surface area (Å²) in [6, 6.07) is 0.638. The predicted octanol–water partition coefficient (Wildman–Crippen LogP) is 3.56. The average Bonchev–Trinajstić information content (AvgIpc) is 2.16. The van der Waals surface area contributed by atoms with Crippen molar-refractivity contribution in [3.8, 4) is 0 Å². The van der Waals surface area contributed by atoms with Gasteiger partial charge in [-0.25, -0.2) is 0 Å². The SMILES string of the molecule is CCCCCCNC(CC)CCCl. The van der Waals surface area contributed by atoms with E-state index in [4.69, 9.17) is 11.6 Å². The Morgan fingerprint density at radius 2 is 1.92 bits per heavy atom. The molecular formula is C11H24ClN. The first-order valence-corrected chi connectivity index (χ1v) is 6.17. The second kappa shape index (κ2) is 10.3. The second-order valence-corrected chi connectivity index (χ2v) is 3.98. The molecule has 80 valence electrons. The number of halogens is 1. The zero-order valence-corrected chi connectivity index (χ0v) is 9.87. The first kappa shape index (κ1) is 13.2. The van der Waals surface area contributed by atoms with E-state index in [2.05, 4.69) is 19.2 Å². The largest absolute Gasteiger partial charge is 0.314 e. The summed E-state index contributed by atoms with van der Waals surface area (Å²) in [6.45, 7) is 5.63. The predicted molar refractivity (Wildman–Crippen MR) is 61.6 cm³/mol. The van der Waals surface area contributed by atoms with Crippen LogP contribution in [0, 0.1) is 0 Å². The van der Waals surface area contributed by atoms with Crippen molar-refractivity contribution in [2.24, 2.45) is 0 Å². The van der Waals surface area contributed by atoms with Gasteiger partial charge in [0.15, 0.2) is 0 Å². The minimum atomic E-state index is 0.638. The Balaban J connectivity index is 3.17. The summed E-state index contributed by atoms with van der Waals surface area (Å²) in [5.41, 5.74) is 0. The van der Waals surface area contributed by atoms with Gasteiger partial charge < -0.3 is 5.32 Å². The van der Waals surface area contributed by atoms with Crippen molar-refractivity contribution in [2.75, 3.05) is 12.4 Å². The molecule has 0 fully saturated rings. The topological polar surface area (TPSA) is 12.0 Å². The molecule has 0 radical (unpaired) electrons. The molecule has 0 heterocycles. The minimum absolute atomic E-state index is 0.638. The molecule has 0 saturated carbocycles. The van der Waals surface area contributed by atoms with E-state index in [-0.39, 0.29) is 0 Å². The Hall–Kier alpha value is 0.250. The second-order valence-electron chi connectivity index (χ2n) is 3.60. The molecular weight excluding hydrogens is 182 g/mol. The van der Waals surface area contributed by atoms with E-state index in [1.54, 1.807) is 0 Å². The van der Waals surface area contributed by atoms with Gasteiger partial charge in [0.05, 0.1) is 0 Å². The molecule has 0 bridgehead atoms. The van der Waals surface area contributed by atoms with Crippen LogP contribution in [-0.4, -0.2) is 18.5 Å². The van der Waals surface area contributed by atoms with E-state index < -0.39 is 0 Å². The minimum Gasteiger partial charge on any atom is -0.314 e. The number of hydrogen-bond donors (Lipinski definition) is 1. The highest BCUT2D eigenvalue weighted by Gasteiger charge is 2.02. The fourth-order valence-corrected chi connectivity index (χ4v) is 1.70. The van der Waals surface area contributed by atoms with Crippen molar-refractivity contribution >= 4 is 11.6 Å². The summed E-state index contributed by atoms with van der Waals surface area (Å²) in [6.07, 6.45) is 7.66. The molecule has 1 atom stereocenters. The molecule has 0 aromatic carbocycles. The molecule has 0 aromatic rings. The summed E-state index contributed by atoms with van der Waals surface area (Å²) < 4.78 is 0. The van der Waals surface area contributed by atoms with Crippen molar-refractivity contribution in [3.63, 3.8) is 0 Å². The Morgan fingerprint density at radius 3 is 2.46 bits per heavy atom. The van der Waals surface area contributed by atoms with Crippen LogP contribution in [-0.2, 0) is 0 Å². The van der Waals surface area contributed by atoms with Crippen LogP contribution in [0.5, 0.6) is 0 Å². The van der Waals surface area contributed by atoms with Gasteiger partial charge in [-0.2, -0.15) is 0 Å². The molecule has 0 aliphatic heterocycles. The van der Waals surface area contributed by atoms with Gasteiger partial charge in [-0.15, -0.1) is 11.6 Å². The zero-order chi connectivity index (χ0) is 9.94. The lowest BCUT2D eigenvalue weighted by Gasteiger charge is -2.15.